The van der Waals surface area contributed by atoms with Crippen LogP contribution in [0, 0.1) is 0 Å². The molecule has 1 N–H and O–H groups in total. The first-order chi connectivity index (χ1) is 7.60. The van der Waals surface area contributed by atoms with E-state index in [2.05, 4.69) is 31.9 Å². The van der Waals surface area contributed by atoms with Gasteiger partial charge in [-0.1, -0.05) is 6.92 Å². The first kappa shape index (κ1) is 14.2. The molecule has 0 aliphatic rings. The normalized spacial score (nSPS) is 10.5. The maximum Gasteiger partial charge on any atom is 0.255 e. The van der Waals surface area contributed by atoms with E-state index < -0.39 is 0 Å². The maximum atomic E-state index is 12.1. The molecular weight excluding hydrogens is 358 g/mol. The minimum atomic E-state index is -0.0373. The van der Waals surface area contributed by atoms with E-state index in [1.165, 1.54) is 11.3 Å². The molecule has 1 amide bonds. The minimum absolute atomic E-state index is 0.00529. The van der Waals surface area contributed by atoms with Gasteiger partial charge in [-0.15, -0.1) is 11.3 Å². The van der Waals surface area contributed by atoms with Gasteiger partial charge in [0, 0.05) is 13.1 Å². The zero-order valence-corrected chi connectivity index (χ0v) is 12.9. The van der Waals surface area contributed by atoms with Crippen LogP contribution in [0.15, 0.2) is 13.6 Å². The lowest BCUT2D eigenvalue weighted by molar-refractivity contribution is 0.0721. The van der Waals surface area contributed by atoms with Crippen molar-refractivity contribution in [3.63, 3.8) is 0 Å². The largest absolute Gasteiger partial charge is 0.395 e. The third kappa shape index (κ3) is 3.55. The molecule has 1 heterocycles. The summed E-state index contributed by atoms with van der Waals surface area (Å²) in [6.45, 7) is 3.05. The predicted octanol–water partition coefficient (Wildman–Crippen LogP) is 3.12. The zero-order valence-electron chi connectivity index (χ0n) is 8.87. The van der Waals surface area contributed by atoms with Crippen molar-refractivity contribution in [2.45, 2.75) is 13.3 Å². The summed E-state index contributed by atoms with van der Waals surface area (Å²) in [5.41, 5.74) is 0.652. The smallest absolute Gasteiger partial charge is 0.255 e. The number of thiophene rings is 1. The summed E-state index contributed by atoms with van der Waals surface area (Å²) >= 11 is 8.19. The minimum Gasteiger partial charge on any atom is -0.395 e. The number of carbonyl (C=O) groups is 1. The molecule has 0 radical (unpaired) electrons. The molecule has 0 spiro atoms. The van der Waals surface area contributed by atoms with Crippen molar-refractivity contribution >= 4 is 49.1 Å². The van der Waals surface area contributed by atoms with E-state index in [9.17, 15) is 4.79 Å². The van der Waals surface area contributed by atoms with Crippen LogP contribution >= 0.6 is 43.2 Å². The number of rotatable bonds is 5. The van der Waals surface area contributed by atoms with Gasteiger partial charge in [0.2, 0.25) is 0 Å². The van der Waals surface area contributed by atoms with Crippen LogP contribution in [0.3, 0.4) is 0 Å². The number of amides is 1. The molecule has 1 aromatic rings. The Balaban J connectivity index is 2.85. The van der Waals surface area contributed by atoms with Gasteiger partial charge < -0.3 is 10.0 Å². The molecule has 90 valence electrons. The summed E-state index contributed by atoms with van der Waals surface area (Å²) < 4.78 is 1.74. The fourth-order valence-electron chi connectivity index (χ4n) is 1.36. The summed E-state index contributed by atoms with van der Waals surface area (Å²) in [4.78, 5) is 13.8. The van der Waals surface area contributed by atoms with Crippen molar-refractivity contribution in [2.75, 3.05) is 19.7 Å². The van der Waals surface area contributed by atoms with E-state index >= 15 is 0 Å². The Labute approximate surface area is 116 Å². The zero-order chi connectivity index (χ0) is 12.1. The topological polar surface area (TPSA) is 40.5 Å². The molecule has 6 heteroatoms. The maximum absolute atomic E-state index is 12.1. The average molecular weight is 371 g/mol. The standard InChI is InChI=1S/C10H13Br2NO2S/c1-2-3-13(4-5-14)10(15)7-6-8(11)16-9(7)12/h6,14H,2-5H2,1H3. The van der Waals surface area contributed by atoms with Crippen molar-refractivity contribution < 1.29 is 9.90 Å². The predicted molar refractivity (Wildman–Crippen MR) is 73.0 cm³/mol. The SMILES string of the molecule is CCCN(CCO)C(=O)c1cc(Br)sc1Br. The molecule has 1 rings (SSSR count). The molecule has 0 aliphatic carbocycles. The van der Waals surface area contributed by atoms with Gasteiger partial charge in [0.25, 0.3) is 5.91 Å². The van der Waals surface area contributed by atoms with Gasteiger partial charge in [-0.25, -0.2) is 0 Å². The number of nitrogens with zero attached hydrogens (tertiary/aromatic N) is 1. The Morgan fingerprint density at radius 3 is 2.62 bits per heavy atom. The summed E-state index contributed by atoms with van der Waals surface area (Å²) in [7, 11) is 0. The summed E-state index contributed by atoms with van der Waals surface area (Å²) in [6, 6.07) is 1.80. The quantitative estimate of drug-likeness (QED) is 0.864. The third-order valence-corrected chi connectivity index (χ3v) is 4.38. The van der Waals surface area contributed by atoms with E-state index in [0.29, 0.717) is 18.7 Å². The van der Waals surface area contributed by atoms with Crippen molar-refractivity contribution in [3.8, 4) is 0 Å². The molecule has 16 heavy (non-hydrogen) atoms. The number of hydrogen-bond donors (Lipinski definition) is 1. The van der Waals surface area contributed by atoms with Gasteiger partial charge >= 0.3 is 0 Å². The van der Waals surface area contributed by atoms with Crippen LogP contribution in [0.4, 0.5) is 0 Å². The van der Waals surface area contributed by atoms with Gasteiger partial charge in [0.15, 0.2) is 0 Å². The lowest BCUT2D eigenvalue weighted by atomic mass is 10.3. The highest BCUT2D eigenvalue weighted by molar-refractivity contribution is 9.12. The number of carbonyl (C=O) groups excluding carboxylic acids is 1. The monoisotopic (exact) mass is 369 g/mol. The molecule has 0 bridgehead atoms. The van der Waals surface area contributed by atoms with Crippen molar-refractivity contribution in [1.82, 2.24) is 4.90 Å². The fourth-order valence-corrected chi connectivity index (χ4v) is 4.14. The van der Waals surface area contributed by atoms with Gasteiger partial charge in [-0.3, -0.25) is 4.79 Å². The Hall–Kier alpha value is 0.0900. The number of aliphatic hydroxyl groups is 1. The second kappa shape index (κ2) is 6.74. The summed E-state index contributed by atoms with van der Waals surface area (Å²) in [5.74, 6) is -0.0373. The fraction of sp³-hybridized carbons (Fsp3) is 0.500. The van der Waals surface area contributed by atoms with E-state index in [1.54, 1.807) is 11.0 Å². The Morgan fingerprint density at radius 2 is 2.19 bits per heavy atom. The average Bonchev–Trinajstić information content (AvgIpc) is 2.56. The van der Waals surface area contributed by atoms with E-state index in [4.69, 9.17) is 5.11 Å². The second-order valence-electron chi connectivity index (χ2n) is 3.25. The molecule has 0 fully saturated rings. The molecular formula is C10H13Br2NO2S. The Bertz CT molecular complexity index is 362. The third-order valence-electron chi connectivity index (χ3n) is 2.04. The van der Waals surface area contributed by atoms with Gasteiger partial charge in [-0.05, 0) is 44.3 Å². The van der Waals surface area contributed by atoms with Crippen LogP contribution in [0.1, 0.15) is 23.7 Å². The lowest BCUT2D eigenvalue weighted by Gasteiger charge is -2.20. The highest BCUT2D eigenvalue weighted by atomic mass is 79.9. The van der Waals surface area contributed by atoms with Gasteiger partial charge in [-0.2, -0.15) is 0 Å². The molecule has 1 aromatic heterocycles. The van der Waals surface area contributed by atoms with Crippen LogP contribution in [0.2, 0.25) is 0 Å². The highest BCUT2D eigenvalue weighted by Crippen LogP contribution is 2.32. The molecule has 0 atom stereocenters. The first-order valence-electron chi connectivity index (χ1n) is 4.95. The molecule has 0 aromatic carbocycles. The van der Waals surface area contributed by atoms with Crippen LogP contribution in [0.5, 0.6) is 0 Å². The lowest BCUT2D eigenvalue weighted by Crippen LogP contribution is -2.34. The molecule has 0 aliphatic heterocycles. The van der Waals surface area contributed by atoms with Crippen LogP contribution in [-0.2, 0) is 0 Å². The first-order valence-corrected chi connectivity index (χ1v) is 7.35. The van der Waals surface area contributed by atoms with Crippen LogP contribution < -0.4 is 0 Å². The Kier molecular flexibility index (Phi) is 5.96. The summed E-state index contributed by atoms with van der Waals surface area (Å²) in [6.07, 6.45) is 0.884. The summed E-state index contributed by atoms with van der Waals surface area (Å²) in [5, 5.41) is 8.92. The molecule has 0 saturated carbocycles. The van der Waals surface area contributed by atoms with Crippen LogP contribution in [-0.4, -0.2) is 35.6 Å². The van der Waals surface area contributed by atoms with E-state index in [-0.39, 0.29) is 12.5 Å². The second-order valence-corrected chi connectivity index (χ2v) is 7.00. The number of aliphatic hydroxyl groups excluding tert-OH is 1. The molecule has 0 saturated heterocycles. The van der Waals surface area contributed by atoms with Crippen molar-refractivity contribution in [1.29, 1.82) is 0 Å². The van der Waals surface area contributed by atoms with Crippen molar-refractivity contribution in [2.24, 2.45) is 0 Å². The number of halogens is 2. The van der Waals surface area contributed by atoms with Gasteiger partial charge in [0.05, 0.1) is 19.7 Å². The van der Waals surface area contributed by atoms with Crippen LogP contribution in [0.25, 0.3) is 0 Å². The van der Waals surface area contributed by atoms with Gasteiger partial charge in [0.1, 0.15) is 0 Å². The van der Waals surface area contributed by atoms with E-state index in [0.717, 1.165) is 14.0 Å². The highest BCUT2D eigenvalue weighted by Gasteiger charge is 2.19. The van der Waals surface area contributed by atoms with E-state index in [1.807, 2.05) is 6.92 Å². The number of hydrogen-bond acceptors (Lipinski definition) is 3. The molecule has 0 unspecified atom stereocenters. The Morgan fingerprint density at radius 1 is 1.50 bits per heavy atom. The van der Waals surface area contributed by atoms with Crippen molar-refractivity contribution in [3.05, 3.63) is 19.2 Å². The molecule has 3 nitrogen and oxygen atoms in total.